The summed E-state index contributed by atoms with van der Waals surface area (Å²) in [5.41, 5.74) is -2.84. The highest BCUT2D eigenvalue weighted by Gasteiger charge is 2.31. The van der Waals surface area contributed by atoms with E-state index in [0.717, 1.165) is 0 Å². The van der Waals surface area contributed by atoms with E-state index >= 15 is 0 Å². The lowest BCUT2D eigenvalue weighted by atomic mass is 10.00. The maximum absolute atomic E-state index is 13.7. The second-order valence-corrected chi connectivity index (χ2v) is 4.72. The number of hydrogen-bond donors (Lipinski definition) is 1. The Labute approximate surface area is 125 Å². The normalized spacial score (nSPS) is 11.5. The third-order valence-electron chi connectivity index (χ3n) is 2.87. The average molecular weight is 337 g/mol. The largest absolute Gasteiger partial charge is 0.478 e. The molecule has 0 aromatic heterocycles. The summed E-state index contributed by atoms with van der Waals surface area (Å²) in [6.45, 7) is 0. The Morgan fingerprint density at radius 3 is 2.18 bits per heavy atom. The SMILES string of the molecule is O=C(O)c1cc(Cl)c(-c2cc(C(F)(F)F)ccc2F)cc1F. The van der Waals surface area contributed by atoms with Crippen molar-refractivity contribution in [1.82, 2.24) is 0 Å². The third kappa shape index (κ3) is 3.04. The summed E-state index contributed by atoms with van der Waals surface area (Å²) < 4.78 is 65.4. The van der Waals surface area contributed by atoms with Crippen LogP contribution in [0.4, 0.5) is 22.0 Å². The van der Waals surface area contributed by atoms with Crippen molar-refractivity contribution in [1.29, 1.82) is 0 Å². The summed E-state index contributed by atoms with van der Waals surface area (Å²) in [6, 6.07) is 2.90. The summed E-state index contributed by atoms with van der Waals surface area (Å²) in [4.78, 5) is 10.8. The Morgan fingerprint density at radius 2 is 1.64 bits per heavy atom. The molecular formula is C14H6ClF5O2. The molecule has 8 heteroatoms. The smallest absolute Gasteiger partial charge is 0.416 e. The van der Waals surface area contributed by atoms with E-state index in [-0.39, 0.29) is 10.6 Å². The lowest BCUT2D eigenvalue weighted by Gasteiger charge is -2.12. The van der Waals surface area contributed by atoms with E-state index in [9.17, 15) is 26.7 Å². The number of hydrogen-bond acceptors (Lipinski definition) is 1. The van der Waals surface area contributed by atoms with E-state index in [4.69, 9.17) is 16.7 Å². The molecule has 0 amide bonds. The third-order valence-corrected chi connectivity index (χ3v) is 3.18. The highest BCUT2D eigenvalue weighted by atomic mass is 35.5. The molecule has 0 bridgehead atoms. The van der Waals surface area contributed by atoms with Gasteiger partial charge in [0, 0.05) is 16.1 Å². The number of carboxylic acid groups (broad SMARTS) is 1. The van der Waals surface area contributed by atoms with Crippen molar-refractivity contribution in [3.05, 3.63) is 58.1 Å². The van der Waals surface area contributed by atoms with E-state index in [0.29, 0.717) is 30.3 Å². The van der Waals surface area contributed by atoms with E-state index in [1.54, 1.807) is 0 Å². The van der Waals surface area contributed by atoms with E-state index in [1.165, 1.54) is 0 Å². The van der Waals surface area contributed by atoms with Crippen LogP contribution in [0.3, 0.4) is 0 Å². The molecule has 22 heavy (non-hydrogen) atoms. The zero-order valence-corrected chi connectivity index (χ0v) is 11.3. The molecule has 0 heterocycles. The number of halogens is 6. The molecule has 0 saturated heterocycles. The summed E-state index contributed by atoms with van der Waals surface area (Å²) in [7, 11) is 0. The molecule has 2 aromatic rings. The van der Waals surface area contributed by atoms with Crippen molar-refractivity contribution >= 4 is 17.6 Å². The summed E-state index contributed by atoms with van der Waals surface area (Å²) in [6.07, 6.45) is -4.71. The van der Waals surface area contributed by atoms with Crippen molar-refractivity contribution in [3.8, 4) is 11.1 Å². The molecule has 2 aromatic carbocycles. The van der Waals surface area contributed by atoms with Crippen LogP contribution in [0.2, 0.25) is 5.02 Å². The minimum Gasteiger partial charge on any atom is -0.478 e. The molecular weight excluding hydrogens is 331 g/mol. The van der Waals surface area contributed by atoms with Gasteiger partial charge in [-0.1, -0.05) is 11.6 Å². The van der Waals surface area contributed by atoms with Crippen molar-refractivity contribution in [2.24, 2.45) is 0 Å². The van der Waals surface area contributed by atoms with E-state index < -0.39 is 40.5 Å². The molecule has 0 spiro atoms. The van der Waals surface area contributed by atoms with Crippen LogP contribution >= 0.6 is 11.6 Å². The maximum atomic E-state index is 13.7. The number of carboxylic acids is 1. The first kappa shape index (κ1) is 16.2. The lowest BCUT2D eigenvalue weighted by Crippen LogP contribution is -2.06. The first-order valence-corrected chi connectivity index (χ1v) is 6.08. The fourth-order valence-corrected chi connectivity index (χ4v) is 2.09. The zero-order chi connectivity index (χ0) is 16.7. The Hall–Kier alpha value is -2.15. The van der Waals surface area contributed by atoms with Gasteiger partial charge in [-0.3, -0.25) is 0 Å². The second-order valence-electron chi connectivity index (χ2n) is 4.31. The summed E-state index contributed by atoms with van der Waals surface area (Å²) in [5, 5.41) is 8.36. The molecule has 0 aliphatic carbocycles. The number of aromatic carboxylic acids is 1. The van der Waals surface area contributed by atoms with Crippen LogP contribution in [-0.2, 0) is 6.18 Å². The van der Waals surface area contributed by atoms with Gasteiger partial charge in [-0.15, -0.1) is 0 Å². The van der Waals surface area contributed by atoms with Gasteiger partial charge in [0.1, 0.15) is 11.6 Å². The predicted octanol–water partition coefficient (Wildman–Crippen LogP) is 5.00. The standard InChI is InChI=1S/C14H6ClF5O2/c15-10-4-9(13(21)22)12(17)5-7(10)8-3-6(14(18,19)20)1-2-11(8)16/h1-5H,(H,21,22). The molecule has 0 radical (unpaired) electrons. The number of alkyl halides is 3. The Balaban J connectivity index is 2.67. The quantitative estimate of drug-likeness (QED) is 0.783. The van der Waals surface area contributed by atoms with Crippen LogP contribution in [-0.4, -0.2) is 11.1 Å². The Morgan fingerprint density at radius 1 is 1.00 bits per heavy atom. The second kappa shape index (κ2) is 5.57. The molecule has 1 N–H and O–H groups in total. The van der Waals surface area contributed by atoms with Gasteiger partial charge in [0.15, 0.2) is 0 Å². The maximum Gasteiger partial charge on any atom is 0.416 e. The van der Waals surface area contributed by atoms with Crippen LogP contribution in [0.25, 0.3) is 11.1 Å². The van der Waals surface area contributed by atoms with Gasteiger partial charge in [-0.25, -0.2) is 13.6 Å². The first-order valence-electron chi connectivity index (χ1n) is 5.70. The minimum absolute atomic E-state index is 0.368. The van der Waals surface area contributed by atoms with E-state index in [1.807, 2.05) is 0 Å². The van der Waals surface area contributed by atoms with E-state index in [2.05, 4.69) is 0 Å². The number of carbonyl (C=O) groups is 1. The molecule has 2 nitrogen and oxygen atoms in total. The van der Waals surface area contributed by atoms with Gasteiger partial charge in [-0.2, -0.15) is 13.2 Å². The molecule has 116 valence electrons. The summed E-state index contributed by atoms with van der Waals surface area (Å²) in [5.74, 6) is -3.88. The molecule has 0 fully saturated rings. The molecule has 0 aliphatic heterocycles. The Bertz CT molecular complexity index is 756. The number of benzene rings is 2. The fourth-order valence-electron chi connectivity index (χ4n) is 1.83. The van der Waals surface area contributed by atoms with Crippen LogP contribution in [0.1, 0.15) is 15.9 Å². The van der Waals surface area contributed by atoms with Gasteiger partial charge < -0.3 is 5.11 Å². The van der Waals surface area contributed by atoms with Crippen LogP contribution < -0.4 is 0 Å². The monoisotopic (exact) mass is 336 g/mol. The zero-order valence-electron chi connectivity index (χ0n) is 10.5. The molecule has 0 saturated carbocycles. The fraction of sp³-hybridized carbons (Fsp3) is 0.0714. The van der Waals surface area contributed by atoms with Crippen molar-refractivity contribution in [2.45, 2.75) is 6.18 Å². The highest BCUT2D eigenvalue weighted by molar-refractivity contribution is 6.33. The predicted molar refractivity (Wildman–Crippen MR) is 68.8 cm³/mol. The minimum atomic E-state index is -4.71. The van der Waals surface area contributed by atoms with Gasteiger partial charge >= 0.3 is 12.1 Å². The lowest BCUT2D eigenvalue weighted by molar-refractivity contribution is -0.137. The highest BCUT2D eigenvalue weighted by Crippen LogP contribution is 2.36. The van der Waals surface area contributed by atoms with Gasteiger partial charge in [0.05, 0.1) is 11.1 Å². The molecule has 0 unspecified atom stereocenters. The molecule has 0 aliphatic rings. The van der Waals surface area contributed by atoms with Crippen molar-refractivity contribution < 1.29 is 31.9 Å². The van der Waals surface area contributed by atoms with Crippen LogP contribution in [0, 0.1) is 11.6 Å². The Kier molecular flexibility index (Phi) is 4.10. The van der Waals surface area contributed by atoms with Gasteiger partial charge in [-0.05, 0) is 30.3 Å². The topological polar surface area (TPSA) is 37.3 Å². The first-order chi connectivity index (χ1) is 10.1. The summed E-state index contributed by atoms with van der Waals surface area (Å²) >= 11 is 5.74. The molecule has 2 rings (SSSR count). The van der Waals surface area contributed by atoms with Gasteiger partial charge in [0.25, 0.3) is 0 Å². The van der Waals surface area contributed by atoms with Crippen LogP contribution in [0.5, 0.6) is 0 Å². The van der Waals surface area contributed by atoms with Crippen LogP contribution in [0.15, 0.2) is 30.3 Å². The average Bonchev–Trinajstić information content (AvgIpc) is 2.40. The van der Waals surface area contributed by atoms with Gasteiger partial charge in [0.2, 0.25) is 0 Å². The van der Waals surface area contributed by atoms with Crippen molar-refractivity contribution in [2.75, 3.05) is 0 Å². The number of rotatable bonds is 2. The molecule has 0 atom stereocenters. The van der Waals surface area contributed by atoms with Crippen molar-refractivity contribution in [3.63, 3.8) is 0 Å².